The van der Waals surface area contributed by atoms with E-state index in [4.69, 9.17) is 4.42 Å². The molecule has 39 heavy (non-hydrogen) atoms. The van der Waals surface area contributed by atoms with Crippen LogP contribution in [0.3, 0.4) is 0 Å². The SMILES string of the molecule is CC.Cc1cc(C(C)Nc2ccccc2C(=O)O)c2oc(C3=Cc4cnccc4C3)c(C(F)(F)F)c(=O)c2c1. The molecule has 1 aliphatic carbocycles. The number of hydrogen-bond acceptors (Lipinski definition) is 5. The third-order valence-electron chi connectivity index (χ3n) is 6.39. The molecule has 1 unspecified atom stereocenters. The molecule has 0 aliphatic heterocycles. The summed E-state index contributed by atoms with van der Waals surface area (Å²) in [5.41, 5.74) is 0.544. The molecule has 1 atom stereocenters. The molecular formula is C30H27F3N2O4. The summed E-state index contributed by atoms with van der Waals surface area (Å²) in [7, 11) is 0. The van der Waals surface area contributed by atoms with Crippen LogP contribution in [0.1, 0.15) is 70.7 Å². The molecule has 202 valence electrons. The lowest BCUT2D eigenvalue weighted by Gasteiger charge is -2.20. The molecule has 0 saturated carbocycles. The standard InChI is InChI=1S/C28H21F3N2O4.C2H6/c1-14-9-20(15(2)33-22-6-4-3-5-19(22)27(35)36)26-21(10-14)24(34)23(28(29,30)31)25(37-26)17-11-16-7-8-32-13-18(16)12-17;1-2/h3-10,12-13,15,33H,11H2,1-2H3,(H,35,36);1-2H3. The fourth-order valence-electron chi connectivity index (χ4n) is 4.70. The van der Waals surface area contributed by atoms with Crippen molar-refractivity contribution in [2.75, 3.05) is 5.32 Å². The average Bonchev–Trinajstić information content (AvgIpc) is 3.33. The number of allylic oxidation sites excluding steroid dienone is 1. The molecule has 4 aromatic rings. The van der Waals surface area contributed by atoms with E-state index in [-0.39, 0.29) is 28.5 Å². The van der Waals surface area contributed by atoms with Gasteiger partial charge in [-0.25, -0.2) is 4.79 Å². The molecule has 1 aliphatic rings. The van der Waals surface area contributed by atoms with Crippen molar-refractivity contribution in [2.24, 2.45) is 0 Å². The van der Waals surface area contributed by atoms with Crippen molar-refractivity contribution < 1.29 is 27.5 Å². The Labute approximate surface area is 222 Å². The first-order chi connectivity index (χ1) is 18.5. The number of halogens is 3. The van der Waals surface area contributed by atoms with Crippen LogP contribution >= 0.6 is 0 Å². The van der Waals surface area contributed by atoms with Gasteiger partial charge < -0.3 is 14.8 Å². The molecule has 2 aromatic heterocycles. The van der Waals surface area contributed by atoms with Crippen molar-refractivity contribution in [3.05, 3.63) is 104 Å². The largest absolute Gasteiger partial charge is 0.478 e. The minimum atomic E-state index is -4.94. The van der Waals surface area contributed by atoms with Crippen molar-refractivity contribution in [3.8, 4) is 0 Å². The Morgan fingerprint density at radius 1 is 1.15 bits per heavy atom. The van der Waals surface area contributed by atoms with Crippen molar-refractivity contribution >= 4 is 34.3 Å². The maximum atomic E-state index is 14.2. The van der Waals surface area contributed by atoms with Crippen LogP contribution in [0.25, 0.3) is 22.6 Å². The number of nitrogens with zero attached hydrogens (tertiary/aromatic N) is 1. The number of carboxylic acid groups (broad SMARTS) is 1. The minimum Gasteiger partial charge on any atom is -0.478 e. The Morgan fingerprint density at radius 3 is 2.54 bits per heavy atom. The molecule has 0 spiro atoms. The maximum absolute atomic E-state index is 14.2. The molecule has 2 N–H and O–H groups in total. The molecule has 0 bridgehead atoms. The molecule has 0 fully saturated rings. The Kier molecular flexibility index (Phi) is 7.63. The number of rotatable bonds is 5. The number of benzene rings is 2. The van der Waals surface area contributed by atoms with Gasteiger partial charge in [0.15, 0.2) is 0 Å². The minimum absolute atomic E-state index is 0.0152. The molecule has 5 rings (SSSR count). The zero-order chi connectivity index (χ0) is 28.5. The second kappa shape index (κ2) is 10.8. The van der Waals surface area contributed by atoms with E-state index in [2.05, 4.69) is 10.3 Å². The molecule has 6 nitrogen and oxygen atoms in total. The highest BCUT2D eigenvalue weighted by Gasteiger charge is 2.41. The Balaban J connectivity index is 0.00000172. The lowest BCUT2D eigenvalue weighted by atomic mass is 9.97. The van der Waals surface area contributed by atoms with Crippen molar-refractivity contribution in [1.82, 2.24) is 4.98 Å². The number of fused-ring (bicyclic) bond motifs is 2. The van der Waals surface area contributed by atoms with Gasteiger partial charge in [-0.2, -0.15) is 13.2 Å². The second-order valence-corrected chi connectivity index (χ2v) is 9.00. The molecule has 2 heterocycles. The second-order valence-electron chi connectivity index (χ2n) is 9.00. The number of alkyl halides is 3. The first kappa shape index (κ1) is 27.6. The Bertz CT molecular complexity index is 1650. The number of aromatic carboxylic acids is 1. The van der Waals surface area contributed by atoms with Crippen LogP contribution in [-0.4, -0.2) is 16.1 Å². The van der Waals surface area contributed by atoms with E-state index in [9.17, 15) is 27.9 Å². The summed E-state index contributed by atoms with van der Waals surface area (Å²) in [4.78, 5) is 29.0. The zero-order valence-corrected chi connectivity index (χ0v) is 21.8. The van der Waals surface area contributed by atoms with E-state index < -0.39 is 34.9 Å². The van der Waals surface area contributed by atoms with E-state index in [0.29, 0.717) is 22.4 Å². The maximum Gasteiger partial charge on any atom is 0.423 e. The quantitative estimate of drug-likeness (QED) is 0.274. The summed E-state index contributed by atoms with van der Waals surface area (Å²) >= 11 is 0. The van der Waals surface area contributed by atoms with Crippen LogP contribution in [0.4, 0.5) is 18.9 Å². The van der Waals surface area contributed by atoms with Gasteiger partial charge in [0.2, 0.25) is 5.43 Å². The number of aromatic nitrogens is 1. The van der Waals surface area contributed by atoms with Crippen molar-refractivity contribution in [3.63, 3.8) is 0 Å². The van der Waals surface area contributed by atoms with Gasteiger partial charge in [0.05, 0.1) is 17.0 Å². The van der Waals surface area contributed by atoms with Crippen LogP contribution < -0.4 is 10.7 Å². The summed E-state index contributed by atoms with van der Waals surface area (Å²) in [6.45, 7) is 7.39. The summed E-state index contributed by atoms with van der Waals surface area (Å²) in [5.74, 6) is -1.65. The van der Waals surface area contributed by atoms with Crippen LogP contribution in [0.5, 0.6) is 0 Å². The van der Waals surface area contributed by atoms with Gasteiger partial charge in [0.25, 0.3) is 0 Å². The average molecular weight is 537 g/mol. The third kappa shape index (κ3) is 5.30. The van der Waals surface area contributed by atoms with E-state index in [1.54, 1.807) is 62.6 Å². The van der Waals surface area contributed by atoms with E-state index in [0.717, 1.165) is 5.56 Å². The summed E-state index contributed by atoms with van der Waals surface area (Å²) in [6, 6.07) is 10.5. The zero-order valence-electron chi connectivity index (χ0n) is 21.8. The van der Waals surface area contributed by atoms with E-state index in [1.165, 1.54) is 12.1 Å². The summed E-state index contributed by atoms with van der Waals surface area (Å²) in [5, 5.41) is 12.4. The summed E-state index contributed by atoms with van der Waals surface area (Å²) < 4.78 is 48.6. The van der Waals surface area contributed by atoms with Gasteiger partial charge in [0.1, 0.15) is 16.9 Å². The van der Waals surface area contributed by atoms with Crippen molar-refractivity contribution in [2.45, 2.75) is 46.3 Å². The number of nitrogens with one attached hydrogen (secondary N) is 1. The highest BCUT2D eigenvalue weighted by atomic mass is 19.4. The van der Waals surface area contributed by atoms with Crippen LogP contribution in [-0.2, 0) is 12.6 Å². The number of carbonyl (C=O) groups is 1. The number of para-hydroxylation sites is 1. The smallest absolute Gasteiger partial charge is 0.423 e. The highest BCUT2D eigenvalue weighted by molar-refractivity contribution is 5.94. The van der Waals surface area contributed by atoms with Crippen LogP contribution in [0.15, 0.2) is 64.1 Å². The molecule has 9 heteroatoms. The van der Waals surface area contributed by atoms with Crippen LogP contribution in [0.2, 0.25) is 0 Å². The molecule has 0 saturated heterocycles. The van der Waals surface area contributed by atoms with Gasteiger partial charge in [0, 0.05) is 35.6 Å². The topological polar surface area (TPSA) is 92.4 Å². The predicted octanol–water partition coefficient (Wildman–Crippen LogP) is 7.51. The number of anilines is 1. The van der Waals surface area contributed by atoms with Gasteiger partial charge >= 0.3 is 12.1 Å². The number of carboxylic acids is 1. The lowest BCUT2D eigenvalue weighted by molar-refractivity contribution is -0.139. The third-order valence-corrected chi connectivity index (χ3v) is 6.39. The van der Waals surface area contributed by atoms with Gasteiger partial charge in [-0.15, -0.1) is 0 Å². The first-order valence-electron chi connectivity index (χ1n) is 12.5. The number of hydrogen-bond donors (Lipinski definition) is 2. The number of pyridine rings is 1. The monoisotopic (exact) mass is 536 g/mol. The fraction of sp³-hybridized carbons (Fsp3) is 0.233. The predicted molar refractivity (Wildman–Crippen MR) is 145 cm³/mol. The Morgan fingerprint density at radius 2 is 1.87 bits per heavy atom. The Hall–Kier alpha value is -4.40. The first-order valence-corrected chi connectivity index (χ1v) is 12.5. The van der Waals surface area contributed by atoms with E-state index >= 15 is 0 Å². The number of aryl methyl sites for hydroxylation is 1. The highest BCUT2D eigenvalue weighted by Crippen LogP contribution is 2.40. The molecule has 2 aromatic carbocycles. The van der Waals surface area contributed by atoms with Crippen molar-refractivity contribution in [1.29, 1.82) is 0 Å². The van der Waals surface area contributed by atoms with Gasteiger partial charge in [-0.3, -0.25) is 9.78 Å². The molecule has 0 radical (unpaired) electrons. The van der Waals surface area contributed by atoms with Crippen LogP contribution in [0, 0.1) is 6.92 Å². The van der Waals surface area contributed by atoms with Gasteiger partial charge in [-0.05, 0) is 60.9 Å². The van der Waals surface area contributed by atoms with E-state index in [1.807, 2.05) is 13.8 Å². The lowest BCUT2D eigenvalue weighted by Crippen LogP contribution is -2.23. The van der Waals surface area contributed by atoms with Gasteiger partial charge in [-0.1, -0.05) is 32.0 Å². The summed E-state index contributed by atoms with van der Waals surface area (Å²) in [6.07, 6.45) is -0.113. The molecule has 0 amide bonds. The normalized spacial score (nSPS) is 13.3. The fourth-order valence-corrected chi connectivity index (χ4v) is 4.70. The molecular weight excluding hydrogens is 509 g/mol.